The number of hydrogen-bond acceptors (Lipinski definition) is 8. The Kier molecular flexibility index (Phi) is 7.34. The summed E-state index contributed by atoms with van der Waals surface area (Å²) in [6.45, 7) is 0.636. The Hall–Kier alpha value is -5.50. The van der Waals surface area contributed by atoms with E-state index in [2.05, 4.69) is 0 Å². The van der Waals surface area contributed by atoms with Crippen molar-refractivity contribution in [2.75, 3.05) is 27.4 Å². The molecule has 0 aliphatic rings. The molecule has 0 aliphatic carbocycles. The zero-order chi connectivity index (χ0) is 29.1. The SMILES string of the molecule is COc1ccc2cc(-c3ccc(OCCOc4ccc(-c5cc6ccc(OC)cc6oc5=O)cc4)cc3)c(=O)oc2c1. The first-order chi connectivity index (χ1) is 20.5. The van der Waals surface area contributed by atoms with Crippen molar-refractivity contribution >= 4 is 21.9 Å². The fourth-order valence-electron chi connectivity index (χ4n) is 4.62. The lowest BCUT2D eigenvalue weighted by atomic mass is 10.1. The number of benzene rings is 4. The molecule has 6 rings (SSSR count). The molecule has 0 radical (unpaired) electrons. The minimum absolute atomic E-state index is 0.318. The van der Waals surface area contributed by atoms with E-state index in [-0.39, 0.29) is 0 Å². The third-order valence-corrected chi connectivity index (χ3v) is 6.84. The number of fused-ring (bicyclic) bond motifs is 2. The van der Waals surface area contributed by atoms with Gasteiger partial charge in [0.05, 0.1) is 25.3 Å². The highest BCUT2D eigenvalue weighted by Gasteiger charge is 2.11. The number of hydrogen-bond donors (Lipinski definition) is 0. The van der Waals surface area contributed by atoms with Crippen LogP contribution in [-0.2, 0) is 0 Å². The van der Waals surface area contributed by atoms with E-state index in [1.54, 1.807) is 62.8 Å². The van der Waals surface area contributed by atoms with Gasteiger partial charge in [-0.1, -0.05) is 24.3 Å². The Morgan fingerprint density at radius 3 is 1.26 bits per heavy atom. The monoisotopic (exact) mass is 562 g/mol. The minimum Gasteiger partial charge on any atom is -0.497 e. The van der Waals surface area contributed by atoms with Crippen molar-refractivity contribution in [2.24, 2.45) is 0 Å². The topological polar surface area (TPSA) is 97.3 Å². The van der Waals surface area contributed by atoms with Crippen molar-refractivity contribution < 1.29 is 27.8 Å². The molecular formula is C34H26O8. The van der Waals surface area contributed by atoms with Crippen molar-refractivity contribution in [1.29, 1.82) is 0 Å². The fraction of sp³-hybridized carbons (Fsp3) is 0.118. The van der Waals surface area contributed by atoms with Crippen LogP contribution < -0.4 is 30.2 Å². The molecule has 0 unspecified atom stereocenters. The molecule has 4 aromatic carbocycles. The zero-order valence-corrected chi connectivity index (χ0v) is 22.9. The van der Waals surface area contributed by atoms with Crippen LogP contribution >= 0.6 is 0 Å². The van der Waals surface area contributed by atoms with E-state index in [0.717, 1.165) is 21.9 Å². The fourth-order valence-corrected chi connectivity index (χ4v) is 4.62. The third-order valence-electron chi connectivity index (χ3n) is 6.84. The number of ether oxygens (including phenoxy) is 4. The molecule has 0 spiro atoms. The molecule has 2 heterocycles. The van der Waals surface area contributed by atoms with Crippen LogP contribution in [0, 0.1) is 0 Å². The third kappa shape index (κ3) is 5.55. The van der Waals surface area contributed by atoms with Crippen LogP contribution in [0.3, 0.4) is 0 Å². The summed E-state index contributed by atoms with van der Waals surface area (Å²) in [5.41, 5.74) is 2.48. The Labute approximate surface area is 240 Å². The van der Waals surface area contributed by atoms with Gasteiger partial charge in [0, 0.05) is 22.9 Å². The van der Waals surface area contributed by atoms with Crippen LogP contribution in [0.5, 0.6) is 23.0 Å². The average molecular weight is 563 g/mol. The summed E-state index contributed by atoms with van der Waals surface area (Å²) in [4.78, 5) is 25.2. The normalized spacial score (nSPS) is 11.0. The van der Waals surface area contributed by atoms with Gasteiger partial charge >= 0.3 is 11.3 Å². The molecular weight excluding hydrogens is 536 g/mol. The Morgan fingerprint density at radius 2 is 0.881 bits per heavy atom. The number of rotatable bonds is 9. The molecule has 0 N–H and O–H groups in total. The average Bonchev–Trinajstić information content (AvgIpc) is 3.02. The Balaban J connectivity index is 1.05. The molecule has 0 aliphatic heterocycles. The van der Waals surface area contributed by atoms with Crippen molar-refractivity contribution in [3.8, 4) is 45.3 Å². The van der Waals surface area contributed by atoms with Crippen LogP contribution in [-0.4, -0.2) is 27.4 Å². The highest BCUT2D eigenvalue weighted by atomic mass is 16.5. The van der Waals surface area contributed by atoms with E-state index < -0.39 is 11.3 Å². The van der Waals surface area contributed by atoms with Gasteiger partial charge in [-0.2, -0.15) is 0 Å². The molecule has 6 aromatic rings. The molecule has 210 valence electrons. The van der Waals surface area contributed by atoms with Crippen LogP contribution in [0.2, 0.25) is 0 Å². The zero-order valence-electron chi connectivity index (χ0n) is 22.9. The maximum absolute atomic E-state index is 12.6. The summed E-state index contributed by atoms with van der Waals surface area (Å²) in [5, 5.41) is 1.61. The summed E-state index contributed by atoms with van der Waals surface area (Å²) < 4.78 is 33.0. The predicted octanol–water partition coefficient (Wildman–Crippen LogP) is 6.71. The first-order valence-corrected chi connectivity index (χ1v) is 13.2. The van der Waals surface area contributed by atoms with Gasteiger partial charge in [0.15, 0.2) is 0 Å². The van der Waals surface area contributed by atoms with Crippen molar-refractivity contribution in [1.82, 2.24) is 0 Å². The van der Waals surface area contributed by atoms with Crippen molar-refractivity contribution in [3.63, 3.8) is 0 Å². The van der Waals surface area contributed by atoms with E-state index in [9.17, 15) is 9.59 Å². The van der Waals surface area contributed by atoms with E-state index in [1.165, 1.54) is 0 Å². The van der Waals surface area contributed by atoms with Gasteiger partial charge < -0.3 is 27.8 Å². The van der Waals surface area contributed by atoms with Gasteiger partial charge in [0.25, 0.3) is 0 Å². The lowest BCUT2D eigenvalue weighted by molar-refractivity contribution is 0.217. The summed E-state index contributed by atoms with van der Waals surface area (Å²) in [6, 6.07) is 28.8. The van der Waals surface area contributed by atoms with Gasteiger partial charge in [-0.15, -0.1) is 0 Å². The molecule has 0 saturated carbocycles. The van der Waals surface area contributed by atoms with Gasteiger partial charge in [-0.3, -0.25) is 0 Å². The molecule has 0 fully saturated rings. The molecule has 0 bridgehead atoms. The first kappa shape index (κ1) is 26.7. The number of methoxy groups -OCH3 is 2. The Bertz CT molecular complexity index is 1840. The minimum atomic E-state index is -0.425. The summed E-state index contributed by atoms with van der Waals surface area (Å²) in [5.74, 6) is 2.54. The van der Waals surface area contributed by atoms with Crippen molar-refractivity contribution in [2.45, 2.75) is 0 Å². The van der Waals surface area contributed by atoms with Crippen LogP contribution in [0.4, 0.5) is 0 Å². The van der Waals surface area contributed by atoms with E-state index >= 15 is 0 Å². The quantitative estimate of drug-likeness (QED) is 0.142. The highest BCUT2D eigenvalue weighted by Crippen LogP contribution is 2.27. The van der Waals surface area contributed by atoms with Crippen LogP contribution in [0.1, 0.15) is 0 Å². The van der Waals surface area contributed by atoms with Gasteiger partial charge in [0.2, 0.25) is 0 Å². The summed E-state index contributed by atoms with van der Waals surface area (Å²) in [6.07, 6.45) is 0. The second kappa shape index (κ2) is 11.5. The van der Waals surface area contributed by atoms with E-state index in [0.29, 0.717) is 58.5 Å². The van der Waals surface area contributed by atoms with E-state index in [4.69, 9.17) is 27.8 Å². The first-order valence-electron chi connectivity index (χ1n) is 13.2. The van der Waals surface area contributed by atoms with Crippen molar-refractivity contribution in [3.05, 3.63) is 118 Å². The van der Waals surface area contributed by atoms with Gasteiger partial charge in [-0.25, -0.2) is 9.59 Å². The maximum Gasteiger partial charge on any atom is 0.344 e. The van der Waals surface area contributed by atoms with Gasteiger partial charge in [-0.05, 0) is 71.8 Å². The molecule has 0 amide bonds. The highest BCUT2D eigenvalue weighted by molar-refractivity contribution is 5.83. The second-order valence-electron chi connectivity index (χ2n) is 9.45. The molecule has 2 aromatic heterocycles. The largest absolute Gasteiger partial charge is 0.497 e. The standard InChI is InChI=1S/C34H26O8/c1-37-27-13-7-23-17-29(33(35)41-31(23)19-27)21-3-9-25(10-4-21)39-15-16-40-26-11-5-22(6-12-26)30-18-24-8-14-28(38-2)20-32(24)42-34(30)36/h3-14,17-20H,15-16H2,1-2H3. The summed E-state index contributed by atoms with van der Waals surface area (Å²) >= 11 is 0. The molecule has 42 heavy (non-hydrogen) atoms. The predicted molar refractivity (Wildman–Crippen MR) is 160 cm³/mol. The molecule has 0 atom stereocenters. The van der Waals surface area contributed by atoms with Crippen LogP contribution in [0.25, 0.3) is 44.2 Å². The summed E-state index contributed by atoms with van der Waals surface area (Å²) in [7, 11) is 3.13. The van der Waals surface area contributed by atoms with Gasteiger partial charge in [0.1, 0.15) is 47.4 Å². The smallest absolute Gasteiger partial charge is 0.344 e. The lowest BCUT2D eigenvalue weighted by Gasteiger charge is -2.10. The Morgan fingerprint density at radius 1 is 0.500 bits per heavy atom. The molecule has 8 heteroatoms. The second-order valence-corrected chi connectivity index (χ2v) is 9.45. The molecule has 8 nitrogen and oxygen atoms in total. The maximum atomic E-state index is 12.6. The van der Waals surface area contributed by atoms with E-state index in [1.807, 2.05) is 48.5 Å². The lowest BCUT2D eigenvalue weighted by Crippen LogP contribution is -2.09. The van der Waals surface area contributed by atoms with Crippen LogP contribution in [0.15, 0.2) is 115 Å². The molecule has 0 saturated heterocycles.